The molecule has 0 aromatic heterocycles. The fraction of sp³-hybridized carbons (Fsp3) is 0.250. The molecule has 4 amide bonds. The van der Waals surface area contributed by atoms with Gasteiger partial charge in [0.15, 0.2) is 11.5 Å². The van der Waals surface area contributed by atoms with Crippen LogP contribution >= 0.6 is 11.6 Å². The maximum Gasteiger partial charge on any atom is 0.324 e. The molecule has 2 heterocycles. The van der Waals surface area contributed by atoms with E-state index in [-0.39, 0.29) is 24.9 Å². The Kier molecular flexibility index (Phi) is 5.26. The lowest BCUT2D eigenvalue weighted by molar-refractivity contribution is -0.125. The van der Waals surface area contributed by atoms with E-state index >= 15 is 0 Å². The molecule has 29 heavy (non-hydrogen) atoms. The van der Waals surface area contributed by atoms with E-state index in [1.54, 1.807) is 36.4 Å². The molecule has 2 aromatic carbocycles. The number of carbonyl (C=O) groups is 3. The van der Waals surface area contributed by atoms with Crippen LogP contribution in [0.2, 0.25) is 5.02 Å². The largest absolute Gasteiger partial charge is 0.490 e. The molecule has 9 heteroatoms. The Labute approximate surface area is 171 Å². The van der Waals surface area contributed by atoms with Gasteiger partial charge in [0.05, 0.1) is 37.0 Å². The Morgan fingerprint density at radius 3 is 2.45 bits per heavy atom. The zero-order valence-corrected chi connectivity index (χ0v) is 16.1. The highest BCUT2D eigenvalue weighted by atomic mass is 35.5. The average Bonchev–Trinajstić information content (AvgIpc) is 2.90. The second-order valence-corrected chi connectivity index (χ2v) is 7.03. The number of nitrogens with one attached hydrogen (secondary N) is 2. The molecule has 2 N–H and O–H groups in total. The summed E-state index contributed by atoms with van der Waals surface area (Å²) in [6, 6.07) is 9.50. The van der Waals surface area contributed by atoms with E-state index < -0.39 is 6.03 Å². The van der Waals surface area contributed by atoms with Crippen LogP contribution in [0.1, 0.15) is 22.3 Å². The fourth-order valence-corrected chi connectivity index (χ4v) is 3.23. The number of urea groups is 1. The molecule has 2 aliphatic heterocycles. The van der Waals surface area contributed by atoms with E-state index in [0.717, 1.165) is 16.9 Å². The molecule has 0 saturated carbocycles. The van der Waals surface area contributed by atoms with Gasteiger partial charge in [0, 0.05) is 24.1 Å². The normalized spacial score (nSPS) is 15.7. The number of carbonyl (C=O) groups excluding carboxylic acids is 3. The first-order valence-electron chi connectivity index (χ1n) is 9.09. The van der Waals surface area contributed by atoms with Gasteiger partial charge in [-0.2, -0.15) is 0 Å². The smallest absolute Gasteiger partial charge is 0.324 e. The summed E-state index contributed by atoms with van der Waals surface area (Å²) in [4.78, 5) is 37.0. The number of hydrogen-bond donors (Lipinski definition) is 2. The van der Waals surface area contributed by atoms with Crippen LogP contribution in [0.3, 0.4) is 0 Å². The van der Waals surface area contributed by atoms with Crippen LogP contribution in [0.15, 0.2) is 36.4 Å². The van der Waals surface area contributed by atoms with Gasteiger partial charge in [-0.05, 0) is 17.7 Å². The lowest BCUT2D eigenvalue weighted by Crippen LogP contribution is -2.30. The van der Waals surface area contributed by atoms with Crippen LogP contribution in [-0.4, -0.2) is 42.5 Å². The Hall–Kier alpha value is -3.26. The molecule has 8 nitrogen and oxygen atoms in total. The average molecular weight is 416 g/mol. The van der Waals surface area contributed by atoms with Crippen LogP contribution in [-0.2, 0) is 11.3 Å². The number of anilines is 1. The van der Waals surface area contributed by atoms with Gasteiger partial charge < -0.3 is 20.1 Å². The summed E-state index contributed by atoms with van der Waals surface area (Å²) in [6.45, 7) is 1.24. The molecule has 4 rings (SSSR count). The van der Waals surface area contributed by atoms with E-state index in [1.807, 2.05) is 0 Å². The van der Waals surface area contributed by atoms with Crippen molar-refractivity contribution in [3.05, 3.63) is 52.5 Å². The van der Waals surface area contributed by atoms with E-state index in [4.69, 9.17) is 21.1 Å². The SMILES string of the molecule is O=C(Nc1cc2c(cc1Cl)OCCCO2)c1ccc(CN2C(=O)CNC2=O)cc1. The molecule has 0 unspecified atom stereocenters. The lowest BCUT2D eigenvalue weighted by Gasteiger charge is -2.14. The number of benzene rings is 2. The first-order chi connectivity index (χ1) is 14.0. The molecule has 1 fully saturated rings. The minimum atomic E-state index is -0.416. The number of hydrogen-bond acceptors (Lipinski definition) is 5. The zero-order valence-electron chi connectivity index (χ0n) is 15.4. The highest BCUT2D eigenvalue weighted by molar-refractivity contribution is 6.34. The standard InChI is InChI=1S/C20H18ClN3O5/c21-14-8-16-17(29-7-1-6-28-16)9-15(14)23-19(26)13-4-2-12(3-5-13)11-24-18(25)10-22-20(24)27/h2-5,8-9H,1,6-7,10-11H2,(H,22,27)(H,23,26). The number of halogens is 1. The first-order valence-corrected chi connectivity index (χ1v) is 9.47. The summed E-state index contributed by atoms with van der Waals surface area (Å²) in [6.07, 6.45) is 0.769. The highest BCUT2D eigenvalue weighted by Crippen LogP contribution is 2.37. The number of nitrogens with zero attached hydrogens (tertiary/aromatic N) is 1. The highest BCUT2D eigenvalue weighted by Gasteiger charge is 2.28. The van der Waals surface area contributed by atoms with Crippen LogP contribution in [0.5, 0.6) is 11.5 Å². The van der Waals surface area contributed by atoms with E-state index in [9.17, 15) is 14.4 Å². The van der Waals surface area contributed by atoms with E-state index in [0.29, 0.717) is 41.0 Å². The second-order valence-electron chi connectivity index (χ2n) is 6.62. The van der Waals surface area contributed by atoms with Crippen LogP contribution in [0, 0.1) is 0 Å². The summed E-state index contributed by atoms with van der Waals surface area (Å²) in [7, 11) is 0. The first kappa shape index (κ1) is 19.1. The predicted molar refractivity (Wildman–Crippen MR) is 105 cm³/mol. The van der Waals surface area contributed by atoms with Gasteiger partial charge in [0.2, 0.25) is 5.91 Å². The van der Waals surface area contributed by atoms with Crippen molar-refractivity contribution in [2.75, 3.05) is 25.1 Å². The molecule has 2 aliphatic rings. The van der Waals surface area contributed by atoms with Crippen molar-refractivity contribution in [2.24, 2.45) is 0 Å². The summed E-state index contributed by atoms with van der Waals surface area (Å²) in [5.41, 5.74) is 1.57. The van der Waals surface area contributed by atoms with Crippen molar-refractivity contribution >= 4 is 35.1 Å². The molecule has 0 aliphatic carbocycles. The Morgan fingerprint density at radius 1 is 1.10 bits per heavy atom. The number of imide groups is 1. The third-order valence-electron chi connectivity index (χ3n) is 4.58. The Morgan fingerprint density at radius 2 is 1.79 bits per heavy atom. The maximum atomic E-state index is 12.6. The summed E-state index contributed by atoms with van der Waals surface area (Å²) >= 11 is 6.27. The van der Waals surface area contributed by atoms with Crippen molar-refractivity contribution in [1.82, 2.24) is 10.2 Å². The summed E-state index contributed by atoms with van der Waals surface area (Å²) < 4.78 is 11.2. The van der Waals surface area contributed by atoms with Gasteiger partial charge in [-0.25, -0.2) is 4.79 Å². The number of rotatable bonds is 4. The number of ether oxygens (including phenoxy) is 2. The van der Waals surface area contributed by atoms with Gasteiger partial charge >= 0.3 is 6.03 Å². The minimum absolute atomic E-state index is 0.00954. The van der Waals surface area contributed by atoms with Crippen molar-refractivity contribution < 1.29 is 23.9 Å². The van der Waals surface area contributed by atoms with Crippen LogP contribution in [0.25, 0.3) is 0 Å². The fourth-order valence-electron chi connectivity index (χ4n) is 3.03. The zero-order chi connectivity index (χ0) is 20.4. The van der Waals surface area contributed by atoms with Crippen LogP contribution < -0.4 is 20.1 Å². The van der Waals surface area contributed by atoms with Gasteiger partial charge in [-0.3, -0.25) is 14.5 Å². The third kappa shape index (κ3) is 4.12. The minimum Gasteiger partial charge on any atom is -0.490 e. The maximum absolute atomic E-state index is 12.6. The molecular weight excluding hydrogens is 398 g/mol. The van der Waals surface area contributed by atoms with E-state index in [1.165, 1.54) is 0 Å². The predicted octanol–water partition coefficient (Wildman–Crippen LogP) is 2.81. The van der Waals surface area contributed by atoms with Gasteiger partial charge in [-0.15, -0.1) is 0 Å². The molecule has 150 valence electrons. The van der Waals surface area contributed by atoms with E-state index in [2.05, 4.69) is 10.6 Å². The molecule has 1 saturated heterocycles. The molecule has 2 aromatic rings. The number of amides is 4. The molecule has 0 bridgehead atoms. The van der Waals surface area contributed by atoms with Crippen molar-refractivity contribution in [3.63, 3.8) is 0 Å². The quantitative estimate of drug-likeness (QED) is 0.748. The number of fused-ring (bicyclic) bond motifs is 1. The molecular formula is C20H18ClN3O5. The summed E-state index contributed by atoms with van der Waals surface area (Å²) in [5.74, 6) is 0.463. The summed E-state index contributed by atoms with van der Waals surface area (Å²) in [5, 5.41) is 5.58. The monoisotopic (exact) mass is 415 g/mol. The second kappa shape index (κ2) is 8.00. The van der Waals surface area contributed by atoms with Gasteiger partial charge in [-0.1, -0.05) is 23.7 Å². The lowest BCUT2D eigenvalue weighted by atomic mass is 10.1. The molecule has 0 spiro atoms. The molecule has 0 radical (unpaired) electrons. The van der Waals surface area contributed by atoms with Crippen molar-refractivity contribution in [1.29, 1.82) is 0 Å². The van der Waals surface area contributed by atoms with Gasteiger partial charge in [0.1, 0.15) is 0 Å². The van der Waals surface area contributed by atoms with Crippen molar-refractivity contribution in [2.45, 2.75) is 13.0 Å². The Balaban J connectivity index is 1.45. The van der Waals surface area contributed by atoms with Gasteiger partial charge in [0.25, 0.3) is 5.91 Å². The third-order valence-corrected chi connectivity index (χ3v) is 4.89. The Bertz CT molecular complexity index is 961. The van der Waals surface area contributed by atoms with Crippen molar-refractivity contribution in [3.8, 4) is 11.5 Å². The topological polar surface area (TPSA) is 97.0 Å². The molecule has 0 atom stereocenters. The van der Waals surface area contributed by atoms with Crippen LogP contribution in [0.4, 0.5) is 10.5 Å².